The van der Waals surface area contributed by atoms with Crippen molar-refractivity contribution in [2.24, 2.45) is 0 Å². The minimum atomic E-state index is 1.09. The number of fused-ring (bicyclic) bond motifs is 5. The second-order valence-corrected chi connectivity index (χ2v) is 14.9. The molecule has 2 heteroatoms. The summed E-state index contributed by atoms with van der Waals surface area (Å²) in [5, 5.41) is 7.45. The molecule has 272 valence electrons. The normalized spacial score (nSPS) is 11.4. The zero-order valence-corrected chi connectivity index (χ0v) is 31.8. The first-order valence-corrected chi connectivity index (χ1v) is 19.9. The molecule has 1 aromatic heterocycles. The topological polar surface area (TPSA) is 8.17 Å². The van der Waals surface area contributed by atoms with E-state index in [4.69, 9.17) is 0 Å². The number of hydrogen-bond donors (Lipinski definition) is 0. The Kier molecular flexibility index (Phi) is 8.19. The highest BCUT2D eigenvalue weighted by Crippen LogP contribution is 2.46. The number of nitrogens with zero attached hydrogens (tertiary/aromatic N) is 2. The summed E-state index contributed by atoms with van der Waals surface area (Å²) in [7, 11) is 0. The van der Waals surface area contributed by atoms with Crippen LogP contribution in [0, 0.1) is 0 Å². The standard InChI is InChI=1S/C56H38N2/c1-2-20-45(21-3-1)58-54-29-11-9-25-52(54)56-51(27-14-30-55(56)58)50-24-8-10-28-53(50)57(46-35-33-41(34-36-46)49-26-13-18-40-16-6-7-23-48(40)49)47-22-12-19-43(38-47)44-32-31-39-15-4-5-17-42(39)37-44/h1-38H. The molecule has 0 atom stereocenters. The van der Waals surface area contributed by atoms with Gasteiger partial charge in [-0.2, -0.15) is 0 Å². The van der Waals surface area contributed by atoms with Gasteiger partial charge in [0.2, 0.25) is 0 Å². The van der Waals surface area contributed by atoms with Crippen molar-refractivity contribution in [3.8, 4) is 39.1 Å². The van der Waals surface area contributed by atoms with Crippen LogP contribution in [0.25, 0.3) is 82.4 Å². The second-order valence-electron chi connectivity index (χ2n) is 14.9. The van der Waals surface area contributed by atoms with Crippen LogP contribution in [0.4, 0.5) is 17.1 Å². The van der Waals surface area contributed by atoms with Crippen molar-refractivity contribution in [2.45, 2.75) is 0 Å². The average molecular weight is 739 g/mol. The molecule has 0 unspecified atom stereocenters. The van der Waals surface area contributed by atoms with Gasteiger partial charge in [0.15, 0.2) is 0 Å². The van der Waals surface area contributed by atoms with Crippen LogP contribution in [0.3, 0.4) is 0 Å². The zero-order valence-electron chi connectivity index (χ0n) is 31.8. The first-order valence-electron chi connectivity index (χ1n) is 19.9. The van der Waals surface area contributed by atoms with Crippen molar-refractivity contribution < 1.29 is 0 Å². The fraction of sp³-hybridized carbons (Fsp3) is 0. The van der Waals surface area contributed by atoms with Crippen LogP contribution < -0.4 is 4.90 Å². The minimum Gasteiger partial charge on any atom is -0.310 e. The van der Waals surface area contributed by atoms with Gasteiger partial charge in [-0.15, -0.1) is 0 Å². The fourth-order valence-corrected chi connectivity index (χ4v) is 8.88. The zero-order chi connectivity index (χ0) is 38.4. The Bertz CT molecular complexity index is 3280. The molecule has 0 amide bonds. The van der Waals surface area contributed by atoms with E-state index in [0.717, 1.165) is 22.7 Å². The number of anilines is 3. The number of para-hydroxylation sites is 3. The monoisotopic (exact) mass is 738 g/mol. The number of rotatable bonds is 7. The lowest BCUT2D eigenvalue weighted by molar-refractivity contribution is 1.18. The van der Waals surface area contributed by atoms with Crippen LogP contribution in [0.5, 0.6) is 0 Å². The lowest BCUT2D eigenvalue weighted by Crippen LogP contribution is -2.11. The molecule has 0 aliphatic carbocycles. The second kappa shape index (κ2) is 14.1. The predicted molar refractivity (Wildman–Crippen MR) is 247 cm³/mol. The first-order chi connectivity index (χ1) is 28.8. The summed E-state index contributed by atoms with van der Waals surface area (Å²) in [6, 6.07) is 83.7. The summed E-state index contributed by atoms with van der Waals surface area (Å²) >= 11 is 0. The minimum absolute atomic E-state index is 1.09. The van der Waals surface area contributed by atoms with Crippen LogP contribution in [-0.4, -0.2) is 4.57 Å². The third-order valence-corrected chi connectivity index (χ3v) is 11.6. The largest absolute Gasteiger partial charge is 0.310 e. The van der Waals surface area contributed by atoms with Crippen molar-refractivity contribution in [1.82, 2.24) is 4.57 Å². The summed E-state index contributed by atoms with van der Waals surface area (Å²) in [6.07, 6.45) is 0. The fourth-order valence-electron chi connectivity index (χ4n) is 8.88. The third-order valence-electron chi connectivity index (χ3n) is 11.6. The Morgan fingerprint density at radius 1 is 0.310 bits per heavy atom. The summed E-state index contributed by atoms with van der Waals surface area (Å²) in [6.45, 7) is 0. The Labute approximate surface area is 338 Å². The molecular formula is C56H38N2. The lowest BCUT2D eigenvalue weighted by atomic mass is 9.96. The molecule has 0 spiro atoms. The van der Waals surface area contributed by atoms with E-state index in [1.807, 2.05) is 0 Å². The van der Waals surface area contributed by atoms with Gasteiger partial charge in [0.25, 0.3) is 0 Å². The van der Waals surface area contributed by atoms with Crippen molar-refractivity contribution in [1.29, 1.82) is 0 Å². The number of hydrogen-bond acceptors (Lipinski definition) is 1. The van der Waals surface area contributed by atoms with Crippen molar-refractivity contribution >= 4 is 60.4 Å². The molecule has 0 radical (unpaired) electrons. The van der Waals surface area contributed by atoms with Crippen LogP contribution in [0.2, 0.25) is 0 Å². The Morgan fingerprint density at radius 2 is 0.914 bits per heavy atom. The van der Waals surface area contributed by atoms with E-state index in [9.17, 15) is 0 Å². The summed E-state index contributed by atoms with van der Waals surface area (Å²) < 4.78 is 2.40. The van der Waals surface area contributed by atoms with E-state index < -0.39 is 0 Å². The molecule has 10 aromatic carbocycles. The molecular weight excluding hydrogens is 701 g/mol. The highest BCUT2D eigenvalue weighted by molar-refractivity contribution is 6.17. The van der Waals surface area contributed by atoms with Gasteiger partial charge in [0.1, 0.15) is 0 Å². The molecule has 2 nitrogen and oxygen atoms in total. The van der Waals surface area contributed by atoms with Gasteiger partial charge in [0.05, 0.1) is 16.7 Å². The summed E-state index contributed by atoms with van der Waals surface area (Å²) in [4.78, 5) is 2.43. The van der Waals surface area contributed by atoms with Crippen LogP contribution >= 0.6 is 0 Å². The maximum atomic E-state index is 2.43. The van der Waals surface area contributed by atoms with Gasteiger partial charge < -0.3 is 9.47 Å². The van der Waals surface area contributed by atoms with Crippen LogP contribution in [0.1, 0.15) is 0 Å². The van der Waals surface area contributed by atoms with Gasteiger partial charge in [-0.25, -0.2) is 0 Å². The van der Waals surface area contributed by atoms with Gasteiger partial charge in [0, 0.05) is 33.4 Å². The van der Waals surface area contributed by atoms with Gasteiger partial charge in [-0.3, -0.25) is 0 Å². The Balaban J connectivity index is 1.12. The smallest absolute Gasteiger partial charge is 0.0547 e. The molecule has 58 heavy (non-hydrogen) atoms. The maximum absolute atomic E-state index is 2.43. The maximum Gasteiger partial charge on any atom is 0.0547 e. The van der Waals surface area contributed by atoms with Gasteiger partial charge >= 0.3 is 0 Å². The SMILES string of the molecule is c1ccc(-n2c3ccccc3c3c(-c4ccccc4N(c4ccc(-c5cccc6ccccc56)cc4)c4cccc(-c5ccc6ccccc6c5)c4)cccc32)cc1. The molecule has 11 aromatic rings. The van der Waals surface area contributed by atoms with Crippen molar-refractivity contribution in [3.63, 3.8) is 0 Å². The Morgan fingerprint density at radius 3 is 1.79 bits per heavy atom. The number of aromatic nitrogens is 1. The lowest BCUT2D eigenvalue weighted by Gasteiger charge is -2.29. The summed E-state index contributed by atoms with van der Waals surface area (Å²) in [5.74, 6) is 0. The number of benzene rings is 10. The molecule has 0 bridgehead atoms. The quantitative estimate of drug-likeness (QED) is 0.158. The molecule has 0 saturated carbocycles. The molecule has 1 heterocycles. The van der Waals surface area contributed by atoms with E-state index in [2.05, 4.69) is 240 Å². The van der Waals surface area contributed by atoms with E-state index in [1.165, 1.54) is 76.7 Å². The molecule has 0 saturated heterocycles. The Hall–Kier alpha value is -7.68. The highest BCUT2D eigenvalue weighted by atomic mass is 15.1. The van der Waals surface area contributed by atoms with E-state index >= 15 is 0 Å². The third kappa shape index (κ3) is 5.74. The van der Waals surface area contributed by atoms with Crippen LogP contribution in [0.15, 0.2) is 231 Å². The molecule has 0 aliphatic rings. The molecule has 11 rings (SSSR count). The molecule has 0 N–H and O–H groups in total. The summed E-state index contributed by atoms with van der Waals surface area (Å²) in [5.41, 5.74) is 14.0. The van der Waals surface area contributed by atoms with Crippen molar-refractivity contribution in [3.05, 3.63) is 231 Å². The van der Waals surface area contributed by atoms with Crippen molar-refractivity contribution in [2.75, 3.05) is 4.90 Å². The van der Waals surface area contributed by atoms with Gasteiger partial charge in [-0.1, -0.05) is 170 Å². The first kappa shape index (κ1) is 33.6. The predicted octanol–water partition coefficient (Wildman–Crippen LogP) is 15.6. The van der Waals surface area contributed by atoms with Crippen LogP contribution in [-0.2, 0) is 0 Å². The molecule has 0 fully saturated rings. The van der Waals surface area contributed by atoms with E-state index in [0.29, 0.717) is 0 Å². The van der Waals surface area contributed by atoms with E-state index in [-0.39, 0.29) is 0 Å². The average Bonchev–Trinajstić information content (AvgIpc) is 3.64. The van der Waals surface area contributed by atoms with E-state index in [1.54, 1.807) is 0 Å². The highest BCUT2D eigenvalue weighted by Gasteiger charge is 2.22. The molecule has 0 aliphatic heterocycles. The van der Waals surface area contributed by atoms with Gasteiger partial charge in [-0.05, 0) is 110 Å².